The van der Waals surface area contributed by atoms with Gasteiger partial charge in [0.05, 0.1) is 19.3 Å². The maximum Gasteiger partial charge on any atom is 0.268 e. The fourth-order valence-electron chi connectivity index (χ4n) is 3.04. The van der Waals surface area contributed by atoms with Crippen LogP contribution in [0.2, 0.25) is 0 Å². The fourth-order valence-corrected chi connectivity index (χ4v) is 4.63. The minimum Gasteiger partial charge on any atom is -0.494 e. The Morgan fingerprint density at radius 3 is 2.57 bits per heavy atom. The maximum absolute atomic E-state index is 14.2. The van der Waals surface area contributed by atoms with E-state index in [9.17, 15) is 17.2 Å². The second kappa shape index (κ2) is 7.71. The Balaban J connectivity index is 1.84. The van der Waals surface area contributed by atoms with Crippen LogP contribution in [0.15, 0.2) is 72.0 Å². The molecule has 0 spiro atoms. The molecule has 0 bridgehead atoms. The monoisotopic (exact) mass is 430 g/mol. The van der Waals surface area contributed by atoms with Gasteiger partial charge in [0.15, 0.2) is 17.2 Å². The number of methoxy groups -OCH3 is 1. The van der Waals surface area contributed by atoms with Crippen molar-refractivity contribution in [3.63, 3.8) is 0 Å². The van der Waals surface area contributed by atoms with Crippen molar-refractivity contribution in [2.45, 2.75) is 11.4 Å². The van der Waals surface area contributed by atoms with Crippen molar-refractivity contribution in [2.24, 2.45) is 0 Å². The van der Waals surface area contributed by atoms with E-state index in [4.69, 9.17) is 4.74 Å². The fraction of sp³-hybridized carbons (Fsp3) is 0.100. The van der Waals surface area contributed by atoms with Crippen LogP contribution in [0.5, 0.6) is 5.75 Å². The molecule has 2 aromatic carbocycles. The molecule has 0 unspecified atom stereocenters. The highest BCUT2D eigenvalue weighted by atomic mass is 32.2. The minimum absolute atomic E-state index is 0.0446. The lowest BCUT2D eigenvalue weighted by Gasteiger charge is -2.25. The smallest absolute Gasteiger partial charge is 0.268 e. The lowest BCUT2D eigenvalue weighted by Crippen LogP contribution is -2.31. The standard InChI is InChI=1S/C20H16F2N4O3S/c1-29-18-9-4-14(11-17(18)22)12-26(16-7-5-15(21)6-8-16)30(27,28)19-3-2-10-25-13-23-24-20(19)25/h2-11,13H,12H2,1H3. The van der Waals surface area contributed by atoms with Gasteiger partial charge in [-0.05, 0) is 54.1 Å². The number of nitrogens with zero attached hydrogens (tertiary/aromatic N) is 4. The Bertz CT molecular complexity index is 1310. The molecule has 0 atom stereocenters. The summed E-state index contributed by atoms with van der Waals surface area (Å²) in [6, 6.07) is 12.1. The molecular weight excluding hydrogens is 414 g/mol. The van der Waals surface area contributed by atoms with Gasteiger partial charge >= 0.3 is 0 Å². The largest absolute Gasteiger partial charge is 0.494 e. The lowest BCUT2D eigenvalue weighted by atomic mass is 10.2. The highest BCUT2D eigenvalue weighted by molar-refractivity contribution is 7.93. The van der Waals surface area contributed by atoms with E-state index >= 15 is 0 Å². The van der Waals surface area contributed by atoms with Crippen LogP contribution >= 0.6 is 0 Å². The van der Waals surface area contributed by atoms with Crippen LogP contribution in [0, 0.1) is 11.6 Å². The molecule has 4 aromatic rings. The number of fused-ring (bicyclic) bond motifs is 1. The summed E-state index contributed by atoms with van der Waals surface area (Å²) in [7, 11) is -2.82. The highest BCUT2D eigenvalue weighted by Gasteiger charge is 2.28. The molecule has 0 amide bonds. The SMILES string of the molecule is COc1ccc(CN(c2ccc(F)cc2)S(=O)(=O)c2cccn3cnnc23)cc1F. The number of rotatable bonds is 6. The molecule has 2 aromatic heterocycles. The topological polar surface area (TPSA) is 76.8 Å². The molecule has 0 aliphatic heterocycles. The molecule has 7 nitrogen and oxygen atoms in total. The van der Waals surface area contributed by atoms with Crippen LogP contribution in [-0.4, -0.2) is 30.1 Å². The van der Waals surface area contributed by atoms with Crippen molar-refractivity contribution in [1.29, 1.82) is 0 Å². The van der Waals surface area contributed by atoms with Gasteiger partial charge in [0.25, 0.3) is 10.0 Å². The molecule has 2 heterocycles. The van der Waals surface area contributed by atoms with Crippen molar-refractivity contribution in [1.82, 2.24) is 14.6 Å². The quantitative estimate of drug-likeness (QED) is 0.469. The third-order valence-corrected chi connectivity index (χ3v) is 6.31. The van der Waals surface area contributed by atoms with E-state index in [1.807, 2.05) is 0 Å². The number of halogens is 2. The van der Waals surface area contributed by atoms with E-state index in [2.05, 4.69) is 10.2 Å². The number of benzene rings is 2. The van der Waals surface area contributed by atoms with Crippen LogP contribution in [0.4, 0.5) is 14.5 Å². The Kier molecular flexibility index (Phi) is 5.08. The van der Waals surface area contributed by atoms with Gasteiger partial charge in [0.2, 0.25) is 0 Å². The van der Waals surface area contributed by atoms with Crippen molar-refractivity contribution in [3.05, 3.63) is 84.3 Å². The average molecular weight is 430 g/mol. The molecule has 0 N–H and O–H groups in total. The van der Waals surface area contributed by atoms with Crippen LogP contribution in [0.25, 0.3) is 5.65 Å². The van der Waals surface area contributed by atoms with Crippen LogP contribution in [0.1, 0.15) is 5.56 Å². The number of ether oxygens (including phenoxy) is 1. The molecule has 0 aliphatic carbocycles. The second-order valence-corrected chi connectivity index (χ2v) is 8.22. The van der Waals surface area contributed by atoms with E-state index in [0.717, 1.165) is 16.4 Å². The third-order valence-electron chi connectivity index (χ3n) is 4.51. The van der Waals surface area contributed by atoms with Crippen molar-refractivity contribution in [3.8, 4) is 5.75 Å². The van der Waals surface area contributed by atoms with E-state index < -0.39 is 21.7 Å². The van der Waals surface area contributed by atoms with Crippen molar-refractivity contribution < 1.29 is 21.9 Å². The highest BCUT2D eigenvalue weighted by Crippen LogP contribution is 2.29. The lowest BCUT2D eigenvalue weighted by molar-refractivity contribution is 0.386. The summed E-state index contributed by atoms with van der Waals surface area (Å²) in [6.07, 6.45) is 3.00. The second-order valence-electron chi connectivity index (χ2n) is 6.39. The van der Waals surface area contributed by atoms with Gasteiger partial charge in [-0.2, -0.15) is 0 Å². The van der Waals surface area contributed by atoms with E-state index in [1.54, 1.807) is 18.3 Å². The zero-order valence-corrected chi connectivity index (χ0v) is 16.6. The number of pyridine rings is 1. The van der Waals surface area contributed by atoms with Crippen LogP contribution in [-0.2, 0) is 16.6 Å². The molecule has 0 fully saturated rings. The Morgan fingerprint density at radius 2 is 1.87 bits per heavy atom. The molecular formula is C20H16F2N4O3S. The van der Waals surface area contributed by atoms with Gasteiger partial charge in [-0.15, -0.1) is 10.2 Å². The molecule has 0 saturated heterocycles. The van der Waals surface area contributed by atoms with E-state index in [-0.39, 0.29) is 28.5 Å². The number of hydrogen-bond acceptors (Lipinski definition) is 5. The van der Waals surface area contributed by atoms with E-state index in [1.165, 1.54) is 48.2 Å². The predicted molar refractivity (Wildman–Crippen MR) is 106 cm³/mol. The first-order chi connectivity index (χ1) is 14.4. The zero-order chi connectivity index (χ0) is 21.3. The summed E-state index contributed by atoms with van der Waals surface area (Å²) >= 11 is 0. The normalized spacial score (nSPS) is 11.6. The van der Waals surface area contributed by atoms with E-state index in [0.29, 0.717) is 5.56 Å². The number of anilines is 1. The van der Waals surface area contributed by atoms with Gasteiger partial charge in [-0.3, -0.25) is 8.71 Å². The van der Waals surface area contributed by atoms with Crippen molar-refractivity contribution >= 4 is 21.4 Å². The number of hydrogen-bond donors (Lipinski definition) is 0. The number of sulfonamides is 1. The summed E-state index contributed by atoms with van der Waals surface area (Å²) < 4.78 is 62.2. The van der Waals surface area contributed by atoms with Crippen LogP contribution < -0.4 is 9.04 Å². The Labute approximate surface area is 171 Å². The zero-order valence-electron chi connectivity index (χ0n) is 15.7. The molecule has 0 radical (unpaired) electrons. The molecule has 154 valence electrons. The molecule has 10 heteroatoms. The molecule has 0 saturated carbocycles. The first-order valence-corrected chi connectivity index (χ1v) is 10.2. The summed E-state index contributed by atoms with van der Waals surface area (Å²) in [5.74, 6) is -1.08. The first-order valence-electron chi connectivity index (χ1n) is 8.79. The summed E-state index contributed by atoms with van der Waals surface area (Å²) in [4.78, 5) is -0.0826. The number of aromatic nitrogens is 3. The van der Waals surface area contributed by atoms with Gasteiger partial charge < -0.3 is 4.74 Å². The van der Waals surface area contributed by atoms with Gasteiger partial charge in [0.1, 0.15) is 17.0 Å². The molecule has 0 aliphatic rings. The maximum atomic E-state index is 14.2. The summed E-state index contributed by atoms with van der Waals surface area (Å²) in [6.45, 7) is -0.190. The average Bonchev–Trinajstić information content (AvgIpc) is 3.21. The van der Waals surface area contributed by atoms with Gasteiger partial charge in [-0.1, -0.05) is 6.07 Å². The third kappa shape index (κ3) is 3.57. The van der Waals surface area contributed by atoms with Gasteiger partial charge in [-0.25, -0.2) is 17.2 Å². The van der Waals surface area contributed by atoms with Crippen LogP contribution in [0.3, 0.4) is 0 Å². The summed E-state index contributed by atoms with van der Waals surface area (Å²) in [5, 5.41) is 7.64. The van der Waals surface area contributed by atoms with Crippen molar-refractivity contribution in [2.75, 3.05) is 11.4 Å². The Morgan fingerprint density at radius 1 is 1.10 bits per heavy atom. The van der Waals surface area contributed by atoms with Gasteiger partial charge in [0, 0.05) is 6.20 Å². The molecule has 30 heavy (non-hydrogen) atoms. The molecule has 4 rings (SSSR count). The minimum atomic E-state index is -4.16. The first kappa shape index (κ1) is 19.8. The summed E-state index contributed by atoms with van der Waals surface area (Å²) in [5.41, 5.74) is 0.745. The predicted octanol–water partition coefficient (Wildman–Crippen LogP) is 3.41. The Hall–Kier alpha value is -3.53.